The molecule has 0 aliphatic rings. The number of rotatable bonds is 28. The molecule has 0 N–H and O–H groups in total. The van der Waals surface area contributed by atoms with Crippen LogP contribution in [-0.4, -0.2) is 26.4 Å². The minimum atomic E-state index is -4.05. The molecule has 238 valence electrons. The molecule has 0 spiro atoms. The average Bonchev–Trinajstić information content (AvgIpc) is 2.88. The van der Waals surface area contributed by atoms with Crippen LogP contribution in [-0.2, 0) is 44.3 Å². The molecule has 39 heavy (non-hydrogen) atoms. The van der Waals surface area contributed by atoms with Crippen molar-refractivity contribution >= 4 is 15.6 Å². The number of hydrogen-bond donors (Lipinski definition) is 0. The van der Waals surface area contributed by atoms with Gasteiger partial charge in [0, 0.05) is 0 Å². The monoisotopic (exact) mass is 642 g/mol. The number of unbranched alkanes of at least 4 members (excludes halogenated alkanes) is 16. The van der Waals surface area contributed by atoms with Crippen molar-refractivity contribution in [2.24, 2.45) is 0 Å². The van der Waals surface area contributed by atoms with Crippen molar-refractivity contribution in [3.05, 3.63) is 0 Å². The minimum Gasteiger partial charge on any atom is -0.756 e. The second kappa shape index (κ2) is 33.2. The molecule has 0 aromatic carbocycles. The summed E-state index contributed by atoms with van der Waals surface area (Å²) in [6, 6.07) is 0. The minimum absolute atomic E-state index is 0. The van der Waals surface area contributed by atoms with Gasteiger partial charge in [-0.15, -0.1) is 0 Å². The molecule has 0 unspecified atom stereocenters. The molecule has 0 aliphatic carbocycles. The SMILES string of the molecule is CCCCCCCOP(=O)([O-])OCCCCCCC.CCCCCCCOP(=O)([O-])OCCCCCCC.[Fe+2]. The maximum atomic E-state index is 11.4. The van der Waals surface area contributed by atoms with E-state index in [1.807, 2.05) is 0 Å². The molecule has 0 amide bonds. The van der Waals surface area contributed by atoms with Gasteiger partial charge in [0.1, 0.15) is 0 Å². The van der Waals surface area contributed by atoms with Gasteiger partial charge in [-0.25, -0.2) is 0 Å². The third kappa shape index (κ3) is 38.7. The van der Waals surface area contributed by atoms with Crippen LogP contribution in [0.4, 0.5) is 0 Å². The fourth-order valence-electron chi connectivity index (χ4n) is 3.60. The van der Waals surface area contributed by atoms with Crippen LogP contribution in [0.25, 0.3) is 0 Å². The van der Waals surface area contributed by atoms with Crippen molar-refractivity contribution in [1.29, 1.82) is 0 Å². The zero-order valence-electron chi connectivity index (χ0n) is 25.5. The molecular formula is C28H60FeO8P2. The molecule has 0 rings (SSSR count). The van der Waals surface area contributed by atoms with E-state index in [1.54, 1.807) is 0 Å². The van der Waals surface area contributed by atoms with E-state index >= 15 is 0 Å². The normalized spacial score (nSPS) is 11.6. The fourth-order valence-corrected chi connectivity index (χ4v) is 5.16. The van der Waals surface area contributed by atoms with Crippen molar-refractivity contribution in [1.82, 2.24) is 0 Å². The predicted octanol–water partition coefficient (Wildman–Crippen LogP) is 8.86. The van der Waals surface area contributed by atoms with Crippen LogP contribution in [0.5, 0.6) is 0 Å². The molecular weight excluding hydrogens is 582 g/mol. The van der Waals surface area contributed by atoms with Crippen molar-refractivity contribution < 1.29 is 54.1 Å². The van der Waals surface area contributed by atoms with Gasteiger partial charge in [-0.3, -0.25) is 9.13 Å². The molecule has 0 atom stereocenters. The van der Waals surface area contributed by atoms with Gasteiger partial charge in [-0.2, -0.15) is 0 Å². The number of phosphoric ester groups is 2. The molecule has 0 bridgehead atoms. The molecule has 0 aromatic heterocycles. The quantitative estimate of drug-likeness (QED) is 0.0472. The van der Waals surface area contributed by atoms with Crippen LogP contribution in [0.15, 0.2) is 0 Å². The Morgan fingerprint density at radius 3 is 0.744 bits per heavy atom. The zero-order valence-corrected chi connectivity index (χ0v) is 28.4. The third-order valence-corrected chi connectivity index (χ3v) is 7.98. The summed E-state index contributed by atoms with van der Waals surface area (Å²) in [5, 5.41) is 0. The largest absolute Gasteiger partial charge is 2.00 e. The molecule has 8 nitrogen and oxygen atoms in total. The van der Waals surface area contributed by atoms with Crippen LogP contribution in [0.1, 0.15) is 156 Å². The van der Waals surface area contributed by atoms with Crippen LogP contribution >= 0.6 is 15.6 Å². The molecule has 0 fully saturated rings. The van der Waals surface area contributed by atoms with Crippen LogP contribution in [0.3, 0.4) is 0 Å². The van der Waals surface area contributed by atoms with Crippen molar-refractivity contribution in [2.75, 3.05) is 26.4 Å². The van der Waals surface area contributed by atoms with Crippen LogP contribution in [0.2, 0.25) is 0 Å². The summed E-state index contributed by atoms with van der Waals surface area (Å²) in [7, 11) is -8.11. The van der Waals surface area contributed by atoms with E-state index in [0.29, 0.717) is 0 Å². The Kier molecular flexibility index (Phi) is 37.7. The Labute approximate surface area is 251 Å². The maximum Gasteiger partial charge on any atom is 2.00 e. The first kappa shape index (κ1) is 44.2. The van der Waals surface area contributed by atoms with Crippen molar-refractivity contribution in [3.8, 4) is 0 Å². The second-order valence-corrected chi connectivity index (χ2v) is 12.7. The Morgan fingerprint density at radius 2 is 0.564 bits per heavy atom. The summed E-state index contributed by atoms with van der Waals surface area (Å²) in [5.41, 5.74) is 0. The third-order valence-electron chi connectivity index (χ3n) is 5.99. The maximum absolute atomic E-state index is 11.4. The van der Waals surface area contributed by atoms with Crippen molar-refractivity contribution in [3.63, 3.8) is 0 Å². The van der Waals surface area contributed by atoms with E-state index in [0.717, 1.165) is 77.0 Å². The second-order valence-electron chi connectivity index (χ2n) is 9.88. The van der Waals surface area contributed by atoms with E-state index in [2.05, 4.69) is 27.7 Å². The van der Waals surface area contributed by atoms with E-state index in [1.165, 1.54) is 51.4 Å². The topological polar surface area (TPSA) is 117 Å². The Morgan fingerprint density at radius 1 is 0.385 bits per heavy atom. The average molecular weight is 643 g/mol. The summed E-state index contributed by atoms with van der Waals surface area (Å²) < 4.78 is 42.0. The molecule has 0 aliphatic heterocycles. The number of phosphoric acid groups is 2. The Balaban J connectivity index is -0.000000648. The fraction of sp³-hybridized carbons (Fsp3) is 1.00. The van der Waals surface area contributed by atoms with Gasteiger partial charge in [-0.1, -0.05) is 130 Å². The van der Waals surface area contributed by atoms with Gasteiger partial charge in [-0.05, 0) is 25.7 Å². The Hall–Kier alpha value is 0.739. The number of hydrogen-bond acceptors (Lipinski definition) is 8. The Bertz CT molecular complexity index is 482. The van der Waals surface area contributed by atoms with Gasteiger partial charge in [0.05, 0.1) is 26.4 Å². The first-order valence-electron chi connectivity index (χ1n) is 15.4. The molecule has 0 radical (unpaired) electrons. The summed E-state index contributed by atoms with van der Waals surface area (Å²) >= 11 is 0. The standard InChI is InChI=1S/2C14H31O4P.Fe/c2*1-3-5-7-9-11-13-17-19(15,16)18-14-12-10-8-6-4-2;/h2*3-14H2,1-2H3,(H,15,16);/q;;+2/p-2. The predicted molar refractivity (Wildman–Crippen MR) is 154 cm³/mol. The van der Waals surface area contributed by atoms with E-state index < -0.39 is 15.6 Å². The van der Waals surface area contributed by atoms with Gasteiger partial charge in [0.15, 0.2) is 0 Å². The van der Waals surface area contributed by atoms with Gasteiger partial charge >= 0.3 is 17.1 Å². The summed E-state index contributed by atoms with van der Waals surface area (Å²) in [5.74, 6) is 0. The molecule has 0 saturated heterocycles. The van der Waals surface area contributed by atoms with Gasteiger partial charge < -0.3 is 27.9 Å². The first-order valence-corrected chi connectivity index (χ1v) is 18.4. The molecule has 0 aromatic rings. The van der Waals surface area contributed by atoms with Gasteiger partial charge in [0.25, 0.3) is 15.6 Å². The summed E-state index contributed by atoms with van der Waals surface area (Å²) in [6.45, 7) is 9.60. The van der Waals surface area contributed by atoms with Crippen LogP contribution in [0, 0.1) is 0 Å². The zero-order chi connectivity index (χ0) is 28.8. The summed E-state index contributed by atoms with van der Waals surface area (Å²) in [4.78, 5) is 22.8. The van der Waals surface area contributed by atoms with E-state index in [-0.39, 0.29) is 43.5 Å². The molecule has 0 heterocycles. The van der Waals surface area contributed by atoms with Crippen LogP contribution < -0.4 is 9.79 Å². The molecule has 0 saturated carbocycles. The molecule has 11 heteroatoms. The summed E-state index contributed by atoms with van der Waals surface area (Å²) in [6.07, 6.45) is 21.3. The van der Waals surface area contributed by atoms with Gasteiger partial charge in [0.2, 0.25) is 0 Å². The smallest absolute Gasteiger partial charge is 0.756 e. The van der Waals surface area contributed by atoms with E-state index in [4.69, 9.17) is 18.1 Å². The first-order chi connectivity index (χ1) is 18.2. The van der Waals surface area contributed by atoms with Crippen molar-refractivity contribution in [2.45, 2.75) is 156 Å². The van der Waals surface area contributed by atoms with E-state index in [9.17, 15) is 18.9 Å².